The first-order valence-electron chi connectivity index (χ1n) is 27.0. The Morgan fingerprint density at radius 3 is 2.31 bits per heavy atom. The molecule has 15 atom stereocenters. The van der Waals surface area contributed by atoms with Crippen molar-refractivity contribution in [1.82, 2.24) is 4.90 Å². The van der Waals surface area contributed by atoms with Crippen LogP contribution in [0.4, 0.5) is 0 Å². The molecule has 0 aromatic carbocycles. The number of ketones is 3. The Kier molecular flexibility index (Phi) is 25.9. The lowest BCUT2D eigenvalue weighted by atomic mass is 9.78. The Hall–Kier alpha value is -3.19. The van der Waals surface area contributed by atoms with Gasteiger partial charge in [0.25, 0.3) is 11.7 Å². The summed E-state index contributed by atoms with van der Waals surface area (Å²) in [4.78, 5) is 72.7. The average molecular weight is 1020 g/mol. The number of allylic oxidation sites excluding steroid dienone is 4. The fraction of sp³-hybridized carbons (Fsp3) is 0.804. The molecule has 0 aromatic rings. The van der Waals surface area contributed by atoms with Crippen LogP contribution in [-0.2, 0) is 57.1 Å². The Balaban J connectivity index is 1.70. The molecule has 3 N–H and O–H groups in total. The Morgan fingerprint density at radius 2 is 1.61 bits per heavy atom. The molecule has 16 nitrogen and oxygen atoms in total. The van der Waals surface area contributed by atoms with Crippen LogP contribution < -0.4 is 0 Å². The summed E-state index contributed by atoms with van der Waals surface area (Å²) in [7, 11) is 3.02. The first-order valence-corrected chi connectivity index (χ1v) is 27.0. The minimum absolute atomic E-state index is 0.0512. The van der Waals surface area contributed by atoms with Crippen LogP contribution in [0.1, 0.15) is 145 Å². The van der Waals surface area contributed by atoms with Gasteiger partial charge in [-0.05, 0) is 127 Å². The van der Waals surface area contributed by atoms with Crippen molar-refractivity contribution in [1.29, 1.82) is 0 Å². The number of rotatable bonds is 13. The van der Waals surface area contributed by atoms with Crippen LogP contribution in [-0.4, -0.2) is 158 Å². The number of hydrogen-bond donors (Lipinski definition) is 3. The zero-order valence-electron chi connectivity index (χ0n) is 45.2. The van der Waals surface area contributed by atoms with Crippen molar-refractivity contribution in [2.24, 2.45) is 35.5 Å². The first kappa shape index (κ1) is 61.4. The molecule has 3 heterocycles. The van der Waals surface area contributed by atoms with Gasteiger partial charge in [-0.3, -0.25) is 19.2 Å². The number of fused-ring (bicyclic) bond motifs is 3. The summed E-state index contributed by atoms with van der Waals surface area (Å²) in [5.74, 6) is -7.93. The molecule has 16 heteroatoms. The number of carbonyl (C=O) groups is 5. The highest BCUT2D eigenvalue weighted by molar-refractivity contribution is 6.39. The number of hydrogen-bond acceptors (Lipinski definition) is 15. The van der Waals surface area contributed by atoms with E-state index in [2.05, 4.69) is 18.2 Å². The molecule has 1 saturated carbocycles. The van der Waals surface area contributed by atoms with Gasteiger partial charge in [0.1, 0.15) is 30.1 Å². The molecular formula is C56H91NO15. The van der Waals surface area contributed by atoms with Crippen LogP contribution >= 0.6 is 0 Å². The van der Waals surface area contributed by atoms with Crippen molar-refractivity contribution < 1.29 is 72.5 Å². The van der Waals surface area contributed by atoms with Gasteiger partial charge >= 0.3 is 5.97 Å². The lowest BCUT2D eigenvalue weighted by Gasteiger charge is -2.43. The van der Waals surface area contributed by atoms with Crippen LogP contribution in [0.25, 0.3) is 0 Å². The van der Waals surface area contributed by atoms with Crippen LogP contribution in [0.5, 0.6) is 0 Å². The van der Waals surface area contributed by atoms with Gasteiger partial charge in [-0.2, -0.15) is 0 Å². The normalized spacial score (nSPS) is 36.7. The smallest absolute Gasteiger partial charge is 0.329 e. The lowest BCUT2D eigenvalue weighted by molar-refractivity contribution is -0.266. The van der Waals surface area contributed by atoms with Crippen LogP contribution in [0.15, 0.2) is 35.5 Å². The van der Waals surface area contributed by atoms with Crippen molar-refractivity contribution in [2.45, 2.75) is 200 Å². The number of carbonyl (C=O) groups excluding carboxylic acids is 5. The SMILES string of the molecule is CCOCCOC1C[C@@H]2CC[C@@H](C)[C@@](O)(O2)C(=O)C(=O)N2CCCC[C@H]2C(=O)O[C@H]([C@H](C)C[C@@H]2CC[C@@H](OCCO)[C@H](OC)C2)CC(=O)[C@H](C)/C=C(\C)[C@@H](O)[C@@H](OC)C(=O)[C@H](C)C[C@H](C)/C=C/CCC=C1C. The molecule has 0 spiro atoms. The van der Waals surface area contributed by atoms with Gasteiger partial charge in [-0.1, -0.05) is 58.9 Å². The van der Waals surface area contributed by atoms with E-state index in [4.69, 9.17) is 33.2 Å². The van der Waals surface area contributed by atoms with E-state index in [1.165, 1.54) is 12.0 Å². The molecule has 3 fully saturated rings. The minimum Gasteiger partial charge on any atom is -0.460 e. The van der Waals surface area contributed by atoms with Crippen molar-refractivity contribution in [3.05, 3.63) is 35.5 Å². The molecule has 2 bridgehead atoms. The third-order valence-electron chi connectivity index (χ3n) is 15.6. The van der Waals surface area contributed by atoms with Gasteiger partial charge < -0.3 is 53.4 Å². The average Bonchev–Trinajstić information content (AvgIpc) is 3.36. The highest BCUT2D eigenvalue weighted by atomic mass is 16.6. The van der Waals surface area contributed by atoms with Crippen LogP contribution in [0.3, 0.4) is 0 Å². The van der Waals surface area contributed by atoms with Crippen LogP contribution in [0.2, 0.25) is 0 Å². The zero-order chi connectivity index (χ0) is 53.1. The minimum atomic E-state index is -2.45. The molecule has 410 valence electrons. The maximum atomic E-state index is 14.5. The number of cyclic esters (lactones) is 1. The molecule has 0 aromatic heterocycles. The number of aliphatic hydroxyl groups excluding tert-OH is 2. The van der Waals surface area contributed by atoms with E-state index in [1.807, 2.05) is 34.6 Å². The Bertz CT molecular complexity index is 1830. The van der Waals surface area contributed by atoms with E-state index >= 15 is 0 Å². The van der Waals surface area contributed by atoms with E-state index in [1.54, 1.807) is 34.0 Å². The number of ether oxygens (including phenoxy) is 7. The van der Waals surface area contributed by atoms with Crippen molar-refractivity contribution >= 4 is 29.2 Å². The summed E-state index contributed by atoms with van der Waals surface area (Å²) in [6, 6.07) is -1.15. The number of Topliss-reactive ketones (excluding diaryl/α,β-unsaturated/α-hetero) is 3. The lowest BCUT2D eigenvalue weighted by Crippen LogP contribution is -2.61. The standard InChI is InChI=1S/C56H91NO15/c1-11-68-27-28-70-47-33-43-22-20-41(8)56(65,72-43)53(62)54(63)57-24-16-15-19-44(57)55(64)71-48(38(5)31-42-21-23-46(69-26-25-58)49(32-42)66-9)34-45(59)37(4)30-40(7)51(61)52(67-10)50(60)39(6)29-35(2)17-13-12-14-18-36(47)3/h13,17-18,30,35,37-39,41-44,46-49,51-52,58,61,65H,11-12,14-16,19-29,31-34H2,1-10H3/b17-13+,36-18?,40-30+/t35-,37-,38-,39-,41-,42+,43+,44+,46-,47?,48+,49-,51-,52+,56-/m1/s1. The maximum absolute atomic E-state index is 14.5. The maximum Gasteiger partial charge on any atom is 0.329 e. The van der Waals surface area contributed by atoms with Gasteiger partial charge in [-0.25, -0.2) is 4.79 Å². The molecule has 4 rings (SSSR count). The van der Waals surface area contributed by atoms with E-state index in [0.29, 0.717) is 89.6 Å². The summed E-state index contributed by atoms with van der Waals surface area (Å²) in [6.07, 6.45) is 10.1. The van der Waals surface area contributed by atoms with Gasteiger partial charge in [0.15, 0.2) is 5.78 Å². The second-order valence-corrected chi connectivity index (χ2v) is 21.3. The van der Waals surface area contributed by atoms with E-state index in [-0.39, 0.29) is 74.1 Å². The molecule has 1 amide bonds. The number of amides is 1. The first-order chi connectivity index (χ1) is 34.3. The quantitative estimate of drug-likeness (QED) is 0.0747. The largest absolute Gasteiger partial charge is 0.460 e. The summed E-state index contributed by atoms with van der Waals surface area (Å²) in [5.41, 5.74) is 1.34. The highest BCUT2D eigenvalue weighted by Gasteiger charge is 2.53. The summed E-state index contributed by atoms with van der Waals surface area (Å²) < 4.78 is 41.8. The number of esters is 1. The fourth-order valence-corrected chi connectivity index (χ4v) is 11.0. The number of methoxy groups -OCH3 is 2. The number of aliphatic hydroxyl groups is 3. The van der Waals surface area contributed by atoms with Crippen molar-refractivity contribution in [3.8, 4) is 0 Å². The predicted molar refractivity (Wildman–Crippen MR) is 271 cm³/mol. The molecule has 0 radical (unpaired) electrons. The van der Waals surface area contributed by atoms with Crippen molar-refractivity contribution in [2.75, 3.05) is 53.8 Å². The van der Waals surface area contributed by atoms with Crippen LogP contribution in [0, 0.1) is 35.5 Å². The molecule has 72 heavy (non-hydrogen) atoms. The van der Waals surface area contributed by atoms with E-state index < -0.39 is 77.8 Å². The molecular weight excluding hydrogens is 927 g/mol. The highest BCUT2D eigenvalue weighted by Crippen LogP contribution is 2.38. The third-order valence-corrected chi connectivity index (χ3v) is 15.6. The summed E-state index contributed by atoms with van der Waals surface area (Å²) >= 11 is 0. The van der Waals surface area contributed by atoms with Gasteiger partial charge in [-0.15, -0.1) is 0 Å². The second-order valence-electron chi connectivity index (χ2n) is 21.3. The van der Waals surface area contributed by atoms with E-state index in [9.17, 15) is 39.3 Å². The second kappa shape index (κ2) is 30.4. The topological polar surface area (TPSA) is 214 Å². The van der Waals surface area contributed by atoms with Crippen molar-refractivity contribution in [3.63, 3.8) is 0 Å². The summed E-state index contributed by atoms with van der Waals surface area (Å²) in [5, 5.41) is 33.0. The Morgan fingerprint density at radius 1 is 0.861 bits per heavy atom. The van der Waals surface area contributed by atoms with Gasteiger partial charge in [0, 0.05) is 58.0 Å². The predicted octanol–water partition coefficient (Wildman–Crippen LogP) is 6.83. The van der Waals surface area contributed by atoms with Gasteiger partial charge in [0.2, 0.25) is 5.79 Å². The number of nitrogens with zero attached hydrogens (tertiary/aromatic N) is 1. The van der Waals surface area contributed by atoms with Gasteiger partial charge in [0.05, 0.1) is 50.8 Å². The molecule has 4 aliphatic rings. The summed E-state index contributed by atoms with van der Waals surface area (Å²) in [6.45, 7) is 16.2. The molecule has 3 aliphatic heterocycles. The van der Waals surface area contributed by atoms with E-state index in [0.717, 1.165) is 18.4 Å². The number of piperidine rings is 1. The third kappa shape index (κ3) is 17.4. The molecule has 2 saturated heterocycles. The Labute approximate surface area is 429 Å². The molecule has 1 unspecified atom stereocenters. The monoisotopic (exact) mass is 1020 g/mol. The molecule has 1 aliphatic carbocycles. The fourth-order valence-electron chi connectivity index (χ4n) is 11.0. The zero-order valence-corrected chi connectivity index (χ0v) is 45.2.